The number of ether oxygens (including phenoxy) is 3. The lowest BCUT2D eigenvalue weighted by Gasteiger charge is -2.27. The molecule has 2 fully saturated rings. The van der Waals surface area contributed by atoms with Crippen LogP contribution in [0.1, 0.15) is 75.2 Å². The van der Waals surface area contributed by atoms with Gasteiger partial charge in [0.25, 0.3) is 0 Å². The molecule has 2 saturated heterocycles. The van der Waals surface area contributed by atoms with E-state index in [4.69, 9.17) is 14.2 Å². The minimum atomic E-state index is -0.615. The van der Waals surface area contributed by atoms with Gasteiger partial charge < -0.3 is 24.8 Å². The van der Waals surface area contributed by atoms with Gasteiger partial charge >= 0.3 is 17.9 Å². The molecular formula is C24H43N3O6. The lowest BCUT2D eigenvalue weighted by molar-refractivity contribution is -0.163. The molecule has 2 N–H and O–H groups in total. The number of nitrogens with zero attached hydrogens (tertiary/aromatic N) is 1. The summed E-state index contributed by atoms with van der Waals surface area (Å²) in [6.45, 7) is 17.6. The van der Waals surface area contributed by atoms with Crippen LogP contribution in [0.15, 0.2) is 0 Å². The van der Waals surface area contributed by atoms with E-state index in [1.165, 1.54) is 0 Å². The number of carbonyl (C=O) groups excluding carboxylic acids is 3. The van der Waals surface area contributed by atoms with Gasteiger partial charge in [-0.2, -0.15) is 0 Å². The molecule has 2 aliphatic rings. The van der Waals surface area contributed by atoms with Crippen LogP contribution in [0, 0.1) is 0 Å². The van der Waals surface area contributed by atoms with Crippen LogP contribution in [0.3, 0.4) is 0 Å². The maximum absolute atomic E-state index is 12.9. The van der Waals surface area contributed by atoms with E-state index in [-0.39, 0.29) is 42.6 Å². The molecule has 0 saturated carbocycles. The third kappa shape index (κ3) is 9.59. The molecule has 0 radical (unpaired) electrons. The maximum atomic E-state index is 12.9. The van der Waals surface area contributed by atoms with Crippen molar-refractivity contribution in [1.29, 1.82) is 0 Å². The zero-order chi connectivity index (χ0) is 25.2. The molecule has 190 valence electrons. The van der Waals surface area contributed by atoms with Gasteiger partial charge in [0.05, 0.1) is 6.54 Å². The van der Waals surface area contributed by atoms with Crippen LogP contribution in [0.25, 0.3) is 0 Å². The fraction of sp³-hybridized carbons (Fsp3) is 0.875. The Bertz CT molecular complexity index is 719. The molecular weight excluding hydrogens is 426 g/mol. The van der Waals surface area contributed by atoms with Crippen molar-refractivity contribution in [1.82, 2.24) is 15.5 Å². The number of rotatable bonds is 6. The number of nitrogens with one attached hydrogen (secondary N) is 2. The molecule has 9 nitrogen and oxygen atoms in total. The summed E-state index contributed by atoms with van der Waals surface area (Å²) >= 11 is 0. The van der Waals surface area contributed by atoms with Gasteiger partial charge in [0.1, 0.15) is 28.9 Å². The molecule has 4 atom stereocenters. The van der Waals surface area contributed by atoms with Gasteiger partial charge in [-0.05, 0) is 75.2 Å². The lowest BCUT2D eigenvalue weighted by atomic mass is 10.1. The summed E-state index contributed by atoms with van der Waals surface area (Å²) in [7, 11) is 0. The predicted molar refractivity (Wildman–Crippen MR) is 125 cm³/mol. The Kier molecular flexibility index (Phi) is 8.57. The highest BCUT2D eigenvalue weighted by Gasteiger charge is 2.42. The normalized spacial score (nSPS) is 26.8. The van der Waals surface area contributed by atoms with Gasteiger partial charge in [-0.15, -0.1) is 0 Å². The van der Waals surface area contributed by atoms with Crippen LogP contribution in [0.4, 0.5) is 0 Å². The maximum Gasteiger partial charge on any atom is 0.323 e. The molecule has 0 aliphatic carbocycles. The van der Waals surface area contributed by atoms with Gasteiger partial charge in [-0.25, -0.2) is 0 Å². The van der Waals surface area contributed by atoms with Crippen LogP contribution in [0.5, 0.6) is 0 Å². The quantitative estimate of drug-likeness (QED) is 0.445. The Morgan fingerprint density at radius 2 is 1.36 bits per heavy atom. The van der Waals surface area contributed by atoms with Crippen molar-refractivity contribution in [2.45, 2.75) is 116 Å². The zero-order valence-electron chi connectivity index (χ0n) is 21.7. The minimum Gasteiger partial charge on any atom is -0.459 e. The van der Waals surface area contributed by atoms with Crippen molar-refractivity contribution in [3.63, 3.8) is 0 Å². The van der Waals surface area contributed by atoms with Crippen molar-refractivity contribution in [3.05, 3.63) is 0 Å². The number of carbonyl (C=O) groups is 3. The average Bonchev–Trinajstić information content (AvgIpc) is 3.17. The molecule has 0 unspecified atom stereocenters. The second-order valence-corrected chi connectivity index (χ2v) is 12.1. The highest BCUT2D eigenvalue weighted by molar-refractivity contribution is 5.79. The molecule has 2 aliphatic heterocycles. The van der Waals surface area contributed by atoms with Gasteiger partial charge in [-0.1, -0.05) is 0 Å². The Labute approximate surface area is 198 Å². The Hall–Kier alpha value is -1.71. The van der Waals surface area contributed by atoms with Gasteiger partial charge in [0, 0.05) is 25.2 Å². The molecule has 33 heavy (non-hydrogen) atoms. The summed E-state index contributed by atoms with van der Waals surface area (Å²) in [6.07, 6.45) is 1.12. The standard InChI is InChI=1S/C24H43N3O6/c1-22(2,3)31-19(28)14-27-13-16(11-18(27)21(30)33-24(7,8)9)26-15-10-17(25-12-15)20(29)32-23(4,5)6/h15-18,25-26H,10-14H2,1-9H3/t15-,16+,17+,18+/m1/s1. The molecule has 0 aromatic rings. The fourth-order valence-electron chi connectivity index (χ4n) is 4.10. The molecule has 0 amide bonds. The van der Waals surface area contributed by atoms with Crippen molar-refractivity contribution < 1.29 is 28.6 Å². The van der Waals surface area contributed by atoms with E-state index in [9.17, 15) is 14.4 Å². The molecule has 2 rings (SSSR count). The monoisotopic (exact) mass is 469 g/mol. The first-order chi connectivity index (χ1) is 14.9. The molecule has 2 heterocycles. The summed E-state index contributed by atoms with van der Waals surface area (Å²) in [6, 6.07) is -0.852. The zero-order valence-corrected chi connectivity index (χ0v) is 21.7. The van der Waals surface area contributed by atoms with Crippen molar-refractivity contribution >= 4 is 17.9 Å². The molecule has 9 heteroatoms. The Balaban J connectivity index is 2.00. The summed E-state index contributed by atoms with van der Waals surface area (Å²) in [5, 5.41) is 6.77. The molecule has 0 aromatic carbocycles. The second kappa shape index (κ2) is 10.3. The van der Waals surface area contributed by atoms with Crippen LogP contribution >= 0.6 is 0 Å². The van der Waals surface area contributed by atoms with Gasteiger partial charge in [0.15, 0.2) is 0 Å². The second-order valence-electron chi connectivity index (χ2n) is 12.1. The molecule has 0 bridgehead atoms. The summed E-state index contributed by atoms with van der Waals surface area (Å²) in [5.74, 6) is -0.966. The lowest BCUT2D eigenvalue weighted by Crippen LogP contribution is -2.44. The van der Waals surface area contributed by atoms with Crippen LogP contribution in [-0.4, -0.2) is 83.4 Å². The van der Waals surface area contributed by atoms with E-state index in [0.717, 1.165) is 0 Å². The minimum absolute atomic E-state index is 0.0167. The highest BCUT2D eigenvalue weighted by atomic mass is 16.6. The summed E-state index contributed by atoms with van der Waals surface area (Å²) in [5.41, 5.74) is -1.74. The summed E-state index contributed by atoms with van der Waals surface area (Å²) < 4.78 is 16.6. The average molecular weight is 470 g/mol. The first-order valence-electron chi connectivity index (χ1n) is 11.8. The van der Waals surface area contributed by atoms with E-state index in [1.54, 1.807) is 0 Å². The fourth-order valence-corrected chi connectivity index (χ4v) is 4.10. The van der Waals surface area contributed by atoms with Crippen molar-refractivity contribution in [2.75, 3.05) is 19.6 Å². The van der Waals surface area contributed by atoms with Crippen molar-refractivity contribution in [3.8, 4) is 0 Å². The summed E-state index contributed by atoms with van der Waals surface area (Å²) in [4.78, 5) is 39.5. The van der Waals surface area contributed by atoms with Gasteiger partial charge in [-0.3, -0.25) is 19.3 Å². The van der Waals surface area contributed by atoms with Crippen LogP contribution in [-0.2, 0) is 28.6 Å². The Morgan fingerprint density at radius 3 is 1.91 bits per heavy atom. The Morgan fingerprint density at radius 1 is 0.818 bits per heavy atom. The van der Waals surface area contributed by atoms with E-state index in [2.05, 4.69) is 10.6 Å². The highest BCUT2D eigenvalue weighted by Crippen LogP contribution is 2.24. The molecule has 0 spiro atoms. The number of esters is 3. The SMILES string of the molecule is CC(C)(C)OC(=O)CN1C[C@@H](N[C@H]2CN[C@H](C(=O)OC(C)(C)C)C2)C[C@H]1C(=O)OC(C)(C)C. The van der Waals surface area contributed by atoms with E-state index in [1.807, 2.05) is 67.2 Å². The topological polar surface area (TPSA) is 106 Å². The molecule has 0 aromatic heterocycles. The van der Waals surface area contributed by atoms with E-state index < -0.39 is 22.8 Å². The number of hydrogen-bond acceptors (Lipinski definition) is 9. The van der Waals surface area contributed by atoms with Gasteiger partial charge in [0.2, 0.25) is 0 Å². The first kappa shape index (κ1) is 27.5. The third-order valence-corrected chi connectivity index (χ3v) is 5.13. The smallest absolute Gasteiger partial charge is 0.323 e. The van der Waals surface area contributed by atoms with E-state index >= 15 is 0 Å². The van der Waals surface area contributed by atoms with Crippen molar-refractivity contribution in [2.24, 2.45) is 0 Å². The van der Waals surface area contributed by atoms with Crippen LogP contribution < -0.4 is 10.6 Å². The van der Waals surface area contributed by atoms with E-state index in [0.29, 0.717) is 25.9 Å². The number of hydrogen-bond donors (Lipinski definition) is 2. The van der Waals surface area contributed by atoms with Crippen LogP contribution in [0.2, 0.25) is 0 Å². The predicted octanol–water partition coefficient (Wildman–Crippen LogP) is 1.77. The number of likely N-dealkylation sites (tertiary alicyclic amines) is 1. The first-order valence-corrected chi connectivity index (χ1v) is 11.8. The largest absolute Gasteiger partial charge is 0.459 e. The third-order valence-electron chi connectivity index (χ3n) is 5.13.